The molecule has 0 aliphatic heterocycles. The number of hydrogen-bond donors (Lipinski definition) is 1. The Bertz CT molecular complexity index is 563. The van der Waals surface area contributed by atoms with Crippen molar-refractivity contribution in [2.75, 3.05) is 12.3 Å². The van der Waals surface area contributed by atoms with E-state index in [1.165, 1.54) is 0 Å². The number of hydrogen-bond acceptors (Lipinski definition) is 4. The van der Waals surface area contributed by atoms with Gasteiger partial charge in [-0.05, 0) is 31.2 Å². The molecule has 18 heavy (non-hydrogen) atoms. The third kappa shape index (κ3) is 2.32. The van der Waals surface area contributed by atoms with Crippen LogP contribution < -0.4 is 5.73 Å². The number of nitrogens with zero attached hydrogens (tertiary/aromatic N) is 2. The molecule has 2 N–H and O–H groups in total. The van der Waals surface area contributed by atoms with Crippen molar-refractivity contribution in [2.24, 2.45) is 0 Å². The molecule has 2 aromatic rings. The summed E-state index contributed by atoms with van der Waals surface area (Å²) in [5.41, 5.74) is 6.52. The van der Waals surface area contributed by atoms with Gasteiger partial charge in [-0.1, -0.05) is 0 Å². The molecule has 0 aliphatic carbocycles. The zero-order valence-electron chi connectivity index (χ0n) is 9.76. The lowest BCUT2D eigenvalue weighted by atomic mass is 10.3. The van der Waals surface area contributed by atoms with E-state index in [0.717, 1.165) is 10.7 Å². The fraction of sp³-hybridized carbons (Fsp3) is 0.167. The fourth-order valence-electron chi connectivity index (χ4n) is 1.46. The normalized spacial score (nSPS) is 10.3. The maximum Gasteiger partial charge on any atom is 0.358 e. The van der Waals surface area contributed by atoms with Gasteiger partial charge in [-0.3, -0.25) is 0 Å². The molecule has 0 atom stereocenters. The molecular formula is C12H12FN3O2. The molecule has 0 saturated heterocycles. The lowest BCUT2D eigenvalue weighted by molar-refractivity contribution is 0.0519. The molecule has 0 spiro atoms. The molecule has 0 unspecified atom stereocenters. The van der Waals surface area contributed by atoms with Gasteiger partial charge in [-0.25, -0.2) is 9.48 Å². The minimum Gasteiger partial charge on any atom is -0.461 e. The highest BCUT2D eigenvalue weighted by Gasteiger charge is 2.15. The predicted molar refractivity (Wildman–Crippen MR) is 63.9 cm³/mol. The number of ether oxygens (including phenoxy) is 1. The number of anilines is 1. The minimum absolute atomic E-state index is 0.0637. The Hall–Kier alpha value is -2.37. The van der Waals surface area contributed by atoms with Crippen molar-refractivity contribution < 1.29 is 13.9 Å². The van der Waals surface area contributed by atoms with Gasteiger partial charge in [0.15, 0.2) is 5.69 Å². The van der Waals surface area contributed by atoms with Crippen molar-refractivity contribution in [3.05, 3.63) is 42.0 Å². The molecule has 1 heterocycles. The van der Waals surface area contributed by atoms with E-state index < -0.39 is 11.9 Å². The molecule has 2 rings (SSSR count). The van der Waals surface area contributed by atoms with Crippen LogP contribution in [0.4, 0.5) is 10.1 Å². The first kappa shape index (κ1) is 12.1. The third-order valence-electron chi connectivity index (χ3n) is 2.29. The van der Waals surface area contributed by atoms with Crippen molar-refractivity contribution in [3.63, 3.8) is 0 Å². The van der Waals surface area contributed by atoms with Crippen molar-refractivity contribution in [2.45, 2.75) is 6.92 Å². The maximum absolute atomic E-state index is 13.7. The van der Waals surface area contributed by atoms with Crippen LogP contribution >= 0.6 is 0 Å². The summed E-state index contributed by atoms with van der Waals surface area (Å²) in [5.74, 6) is -1.28. The Morgan fingerprint density at radius 3 is 2.72 bits per heavy atom. The molecule has 1 aromatic heterocycles. The second-order valence-corrected chi connectivity index (χ2v) is 3.58. The van der Waals surface area contributed by atoms with E-state index in [1.807, 2.05) is 0 Å². The Morgan fingerprint density at radius 1 is 1.44 bits per heavy atom. The first-order valence-electron chi connectivity index (χ1n) is 5.40. The molecule has 0 bridgehead atoms. The summed E-state index contributed by atoms with van der Waals surface area (Å²) in [6, 6.07) is 7.51. The number of rotatable bonds is 3. The highest BCUT2D eigenvalue weighted by molar-refractivity contribution is 5.87. The van der Waals surface area contributed by atoms with E-state index >= 15 is 0 Å². The Labute approximate surface area is 103 Å². The van der Waals surface area contributed by atoms with Crippen LogP contribution in [-0.2, 0) is 4.74 Å². The molecular weight excluding hydrogens is 237 g/mol. The molecule has 94 valence electrons. The van der Waals surface area contributed by atoms with Gasteiger partial charge in [0.1, 0.15) is 0 Å². The average Bonchev–Trinajstić information content (AvgIpc) is 2.73. The van der Waals surface area contributed by atoms with Crippen molar-refractivity contribution in [1.82, 2.24) is 9.78 Å². The number of benzene rings is 1. The smallest absolute Gasteiger partial charge is 0.358 e. The van der Waals surface area contributed by atoms with Gasteiger partial charge < -0.3 is 10.5 Å². The van der Waals surface area contributed by atoms with Crippen LogP contribution in [0.25, 0.3) is 5.69 Å². The highest BCUT2D eigenvalue weighted by Crippen LogP contribution is 2.14. The van der Waals surface area contributed by atoms with E-state index in [2.05, 4.69) is 5.10 Å². The monoisotopic (exact) mass is 249 g/mol. The summed E-state index contributed by atoms with van der Waals surface area (Å²) >= 11 is 0. The Morgan fingerprint density at radius 2 is 2.11 bits per heavy atom. The fourth-order valence-corrected chi connectivity index (χ4v) is 1.46. The molecule has 0 amide bonds. The van der Waals surface area contributed by atoms with Gasteiger partial charge in [0, 0.05) is 11.8 Å². The average molecular weight is 249 g/mol. The highest BCUT2D eigenvalue weighted by atomic mass is 19.1. The number of carbonyl (C=O) groups is 1. The molecule has 0 radical (unpaired) electrons. The molecule has 0 saturated carbocycles. The van der Waals surface area contributed by atoms with E-state index in [4.69, 9.17) is 10.5 Å². The van der Waals surface area contributed by atoms with Crippen LogP contribution in [0.2, 0.25) is 0 Å². The van der Waals surface area contributed by atoms with Crippen LogP contribution in [0.15, 0.2) is 30.3 Å². The number of halogens is 1. The van der Waals surface area contributed by atoms with E-state index in [1.54, 1.807) is 31.2 Å². The van der Waals surface area contributed by atoms with Crippen molar-refractivity contribution in [3.8, 4) is 5.69 Å². The standard InChI is InChI=1S/C12H12FN3O2/c1-2-18-12(17)10-7-11(13)16(15-10)9-5-3-8(14)4-6-9/h3-7H,2,14H2,1H3. The summed E-state index contributed by atoms with van der Waals surface area (Å²) in [5, 5.41) is 3.85. The minimum atomic E-state index is -0.648. The van der Waals surface area contributed by atoms with Crippen molar-refractivity contribution >= 4 is 11.7 Å². The molecule has 0 fully saturated rings. The SMILES string of the molecule is CCOC(=O)c1cc(F)n(-c2ccc(N)cc2)n1. The van der Waals surface area contributed by atoms with Gasteiger partial charge in [-0.15, -0.1) is 0 Å². The van der Waals surface area contributed by atoms with Crippen molar-refractivity contribution in [1.29, 1.82) is 0 Å². The summed E-state index contributed by atoms with van der Waals surface area (Å²) in [7, 11) is 0. The number of aromatic nitrogens is 2. The summed E-state index contributed by atoms with van der Waals surface area (Å²) in [6.45, 7) is 1.89. The zero-order chi connectivity index (χ0) is 13.1. The van der Waals surface area contributed by atoms with Crippen LogP contribution in [0.1, 0.15) is 17.4 Å². The topological polar surface area (TPSA) is 70.1 Å². The Kier molecular flexibility index (Phi) is 3.27. The van der Waals surface area contributed by atoms with Gasteiger partial charge in [-0.2, -0.15) is 9.49 Å². The number of nitrogen functional groups attached to an aromatic ring is 1. The number of carbonyl (C=O) groups excluding carboxylic acids is 1. The van der Waals surface area contributed by atoms with Crippen LogP contribution in [-0.4, -0.2) is 22.4 Å². The predicted octanol–water partition coefficient (Wildman–Crippen LogP) is 1.77. The van der Waals surface area contributed by atoms with Gasteiger partial charge in [0.25, 0.3) is 0 Å². The molecule has 1 aromatic carbocycles. The Balaban J connectivity index is 2.34. The first-order valence-corrected chi connectivity index (χ1v) is 5.40. The second kappa shape index (κ2) is 4.87. The summed E-state index contributed by atoms with van der Waals surface area (Å²) < 4.78 is 19.4. The first-order chi connectivity index (χ1) is 8.61. The molecule has 6 heteroatoms. The van der Waals surface area contributed by atoms with E-state index in [9.17, 15) is 9.18 Å². The number of esters is 1. The molecule has 0 aliphatic rings. The lowest BCUT2D eigenvalue weighted by Gasteiger charge is -2.02. The number of nitrogens with two attached hydrogens (primary N) is 1. The van der Waals surface area contributed by atoms with Gasteiger partial charge in [0.2, 0.25) is 5.95 Å². The van der Waals surface area contributed by atoms with Gasteiger partial charge in [0.05, 0.1) is 12.3 Å². The lowest BCUT2D eigenvalue weighted by Crippen LogP contribution is -2.07. The molecule has 5 nitrogen and oxygen atoms in total. The summed E-state index contributed by atoms with van der Waals surface area (Å²) in [4.78, 5) is 11.4. The van der Waals surface area contributed by atoms with Crippen LogP contribution in [0.3, 0.4) is 0 Å². The summed E-state index contributed by atoms with van der Waals surface area (Å²) in [6.07, 6.45) is 0. The van der Waals surface area contributed by atoms with Crippen LogP contribution in [0, 0.1) is 5.95 Å². The van der Waals surface area contributed by atoms with Crippen LogP contribution in [0.5, 0.6) is 0 Å². The van der Waals surface area contributed by atoms with Gasteiger partial charge >= 0.3 is 5.97 Å². The second-order valence-electron chi connectivity index (χ2n) is 3.58. The van der Waals surface area contributed by atoms with E-state index in [0.29, 0.717) is 11.4 Å². The third-order valence-corrected chi connectivity index (χ3v) is 2.29. The maximum atomic E-state index is 13.7. The largest absolute Gasteiger partial charge is 0.461 e. The van der Waals surface area contributed by atoms with E-state index in [-0.39, 0.29) is 12.3 Å². The quantitative estimate of drug-likeness (QED) is 0.664. The zero-order valence-corrected chi connectivity index (χ0v) is 9.76.